The monoisotopic (exact) mass is 333 g/mol. The quantitative estimate of drug-likeness (QED) is 0.627. The number of esters is 1. The molecule has 1 saturated heterocycles. The third kappa shape index (κ3) is 3.42. The number of rotatable bonds is 4. The van der Waals surface area contributed by atoms with Crippen LogP contribution in [0.4, 0.5) is 0 Å². The van der Waals surface area contributed by atoms with E-state index in [0.29, 0.717) is 11.4 Å². The maximum absolute atomic E-state index is 12.1. The second kappa shape index (κ2) is 6.75. The molecule has 5 heteroatoms. The van der Waals surface area contributed by atoms with Crippen LogP contribution in [0.25, 0.3) is 0 Å². The van der Waals surface area contributed by atoms with Crippen molar-refractivity contribution in [2.45, 2.75) is 25.3 Å². The lowest BCUT2D eigenvalue weighted by molar-refractivity contribution is -0.149. The molecule has 0 radical (unpaired) electrons. The van der Waals surface area contributed by atoms with Crippen molar-refractivity contribution in [2.24, 2.45) is 11.8 Å². The Morgan fingerprint density at radius 2 is 2.09 bits per heavy atom. The first-order valence-corrected chi connectivity index (χ1v) is 8.27. The number of carbonyl (C=O) groups is 2. The van der Waals surface area contributed by atoms with E-state index in [4.69, 9.17) is 16.3 Å². The van der Waals surface area contributed by atoms with Gasteiger partial charge in [-0.25, -0.2) is 0 Å². The van der Waals surface area contributed by atoms with Gasteiger partial charge in [0.05, 0.1) is 18.6 Å². The van der Waals surface area contributed by atoms with Crippen LogP contribution in [0.3, 0.4) is 0 Å². The summed E-state index contributed by atoms with van der Waals surface area (Å²) in [6.07, 6.45) is 5.91. The van der Waals surface area contributed by atoms with Crippen LogP contribution in [0.15, 0.2) is 36.4 Å². The average molecular weight is 334 g/mol. The van der Waals surface area contributed by atoms with Crippen molar-refractivity contribution >= 4 is 23.5 Å². The number of hydrogen-bond acceptors (Lipinski definition) is 3. The number of hydrogen-bond donors (Lipinski definition) is 0. The molecule has 0 spiro atoms. The highest BCUT2D eigenvalue weighted by Gasteiger charge is 2.39. The molecule has 1 aromatic rings. The standard InChI is InChI=1S/C18H20ClNO3/c1-20-16(21)10-14(11-23-18(22)12-5-2-3-6-12)17(20)13-7-4-8-15(19)9-13/h2-4,7-9,12,14,17H,5-6,10-11H2,1H3/t14-,17+/m1/s1. The molecule has 1 amide bonds. The summed E-state index contributed by atoms with van der Waals surface area (Å²) in [6, 6.07) is 7.42. The largest absolute Gasteiger partial charge is 0.465 e. The minimum Gasteiger partial charge on any atom is -0.465 e. The first-order chi connectivity index (χ1) is 11.1. The summed E-state index contributed by atoms with van der Waals surface area (Å²) in [5, 5.41) is 0.642. The maximum atomic E-state index is 12.1. The predicted octanol–water partition coefficient (Wildman–Crippen LogP) is 3.37. The van der Waals surface area contributed by atoms with E-state index in [1.165, 1.54) is 0 Å². The number of nitrogens with zero attached hydrogens (tertiary/aromatic N) is 1. The Balaban J connectivity index is 1.69. The summed E-state index contributed by atoms with van der Waals surface area (Å²) >= 11 is 6.07. The summed E-state index contributed by atoms with van der Waals surface area (Å²) in [4.78, 5) is 25.9. The zero-order valence-corrected chi connectivity index (χ0v) is 13.8. The molecule has 23 heavy (non-hydrogen) atoms. The fourth-order valence-corrected chi connectivity index (χ4v) is 3.60. The van der Waals surface area contributed by atoms with Gasteiger partial charge in [-0.3, -0.25) is 9.59 Å². The summed E-state index contributed by atoms with van der Waals surface area (Å²) in [5.41, 5.74) is 0.981. The van der Waals surface area contributed by atoms with Gasteiger partial charge in [0.1, 0.15) is 0 Å². The first-order valence-electron chi connectivity index (χ1n) is 7.89. The smallest absolute Gasteiger partial charge is 0.309 e. The lowest BCUT2D eigenvalue weighted by atomic mass is 9.94. The SMILES string of the molecule is CN1C(=O)C[C@H](COC(=O)C2CC=CC2)[C@@H]1c1cccc(Cl)c1. The molecule has 1 heterocycles. The van der Waals surface area contributed by atoms with Gasteiger partial charge in [0.15, 0.2) is 0 Å². The third-order valence-electron chi connectivity index (χ3n) is 4.67. The number of likely N-dealkylation sites (tertiary alicyclic amines) is 1. The number of ether oxygens (including phenoxy) is 1. The number of halogens is 1. The average Bonchev–Trinajstić information content (AvgIpc) is 3.14. The van der Waals surface area contributed by atoms with Crippen molar-refractivity contribution in [1.82, 2.24) is 4.90 Å². The van der Waals surface area contributed by atoms with Crippen LogP contribution in [0, 0.1) is 11.8 Å². The Bertz CT molecular complexity index is 635. The molecule has 122 valence electrons. The molecule has 1 fully saturated rings. The van der Waals surface area contributed by atoms with Crippen molar-refractivity contribution < 1.29 is 14.3 Å². The summed E-state index contributed by atoms with van der Waals surface area (Å²) in [7, 11) is 1.79. The van der Waals surface area contributed by atoms with Crippen LogP contribution >= 0.6 is 11.6 Å². The summed E-state index contributed by atoms with van der Waals surface area (Å²) in [5.74, 6) is -0.195. The molecule has 1 aliphatic heterocycles. The van der Waals surface area contributed by atoms with Crippen LogP contribution in [0.2, 0.25) is 5.02 Å². The number of carbonyl (C=O) groups excluding carboxylic acids is 2. The van der Waals surface area contributed by atoms with E-state index in [1.807, 2.05) is 36.4 Å². The first kappa shape index (κ1) is 16.1. The molecule has 2 atom stereocenters. The zero-order chi connectivity index (χ0) is 16.4. The van der Waals surface area contributed by atoms with Gasteiger partial charge < -0.3 is 9.64 Å². The Labute approximate surface area is 141 Å². The maximum Gasteiger partial charge on any atom is 0.309 e. The van der Waals surface area contributed by atoms with Gasteiger partial charge in [-0.1, -0.05) is 35.9 Å². The van der Waals surface area contributed by atoms with Crippen molar-refractivity contribution in [3.05, 3.63) is 47.0 Å². The van der Waals surface area contributed by atoms with Crippen LogP contribution in [-0.4, -0.2) is 30.4 Å². The van der Waals surface area contributed by atoms with Gasteiger partial charge in [-0.15, -0.1) is 0 Å². The van der Waals surface area contributed by atoms with Crippen molar-refractivity contribution in [3.8, 4) is 0 Å². The normalized spacial score (nSPS) is 24.4. The minimum absolute atomic E-state index is 0.0377. The van der Waals surface area contributed by atoms with E-state index in [0.717, 1.165) is 18.4 Å². The Hall–Kier alpha value is -1.81. The van der Waals surface area contributed by atoms with E-state index in [1.54, 1.807) is 11.9 Å². The van der Waals surface area contributed by atoms with Gasteiger partial charge in [-0.2, -0.15) is 0 Å². The van der Waals surface area contributed by atoms with Gasteiger partial charge >= 0.3 is 5.97 Å². The number of allylic oxidation sites excluding steroid dienone is 2. The lowest BCUT2D eigenvalue weighted by Gasteiger charge is -2.25. The van der Waals surface area contributed by atoms with Gasteiger partial charge in [-0.05, 0) is 30.5 Å². The summed E-state index contributed by atoms with van der Waals surface area (Å²) < 4.78 is 5.50. The van der Waals surface area contributed by atoms with Crippen LogP contribution in [0.1, 0.15) is 30.9 Å². The molecule has 0 aromatic heterocycles. The van der Waals surface area contributed by atoms with E-state index >= 15 is 0 Å². The highest BCUT2D eigenvalue weighted by atomic mass is 35.5. The second-order valence-corrected chi connectivity index (χ2v) is 6.67. The molecule has 2 aliphatic rings. The second-order valence-electron chi connectivity index (χ2n) is 6.24. The topological polar surface area (TPSA) is 46.6 Å². The lowest BCUT2D eigenvalue weighted by Crippen LogP contribution is -2.27. The molecule has 3 rings (SSSR count). The van der Waals surface area contributed by atoms with Gasteiger partial charge in [0, 0.05) is 24.4 Å². The summed E-state index contributed by atoms with van der Waals surface area (Å²) in [6.45, 7) is 0.266. The molecular formula is C18H20ClNO3. The molecule has 0 saturated carbocycles. The fourth-order valence-electron chi connectivity index (χ4n) is 3.40. The predicted molar refractivity (Wildman–Crippen MR) is 87.9 cm³/mol. The molecule has 4 nitrogen and oxygen atoms in total. The molecule has 0 bridgehead atoms. The Morgan fingerprint density at radius 3 is 2.78 bits per heavy atom. The van der Waals surface area contributed by atoms with Crippen molar-refractivity contribution in [1.29, 1.82) is 0 Å². The zero-order valence-electron chi connectivity index (χ0n) is 13.1. The minimum atomic E-state index is -0.165. The number of amides is 1. The Morgan fingerprint density at radius 1 is 1.35 bits per heavy atom. The van der Waals surface area contributed by atoms with Crippen molar-refractivity contribution in [2.75, 3.05) is 13.7 Å². The highest BCUT2D eigenvalue weighted by molar-refractivity contribution is 6.30. The molecule has 1 aliphatic carbocycles. The van der Waals surface area contributed by atoms with E-state index in [-0.39, 0.29) is 36.4 Å². The van der Waals surface area contributed by atoms with E-state index in [9.17, 15) is 9.59 Å². The molecule has 0 unspecified atom stereocenters. The van der Waals surface area contributed by atoms with Crippen LogP contribution < -0.4 is 0 Å². The van der Waals surface area contributed by atoms with E-state index in [2.05, 4.69) is 0 Å². The fraction of sp³-hybridized carbons (Fsp3) is 0.444. The third-order valence-corrected chi connectivity index (χ3v) is 4.90. The van der Waals surface area contributed by atoms with Gasteiger partial charge in [0.25, 0.3) is 0 Å². The molecule has 0 N–H and O–H groups in total. The Kier molecular flexibility index (Phi) is 4.71. The highest BCUT2D eigenvalue weighted by Crippen LogP contribution is 2.38. The molecule has 1 aromatic carbocycles. The molecular weight excluding hydrogens is 314 g/mol. The number of benzene rings is 1. The van der Waals surface area contributed by atoms with Crippen LogP contribution in [-0.2, 0) is 14.3 Å². The van der Waals surface area contributed by atoms with E-state index < -0.39 is 0 Å². The van der Waals surface area contributed by atoms with Crippen molar-refractivity contribution in [3.63, 3.8) is 0 Å². The van der Waals surface area contributed by atoms with Gasteiger partial charge in [0.2, 0.25) is 5.91 Å². The van der Waals surface area contributed by atoms with Crippen LogP contribution in [0.5, 0.6) is 0 Å².